The number of piperidine rings is 2. The molecule has 1 aromatic rings. The minimum Gasteiger partial charge on any atom is -0.354 e. The van der Waals surface area contributed by atoms with Crippen molar-refractivity contribution in [1.29, 1.82) is 0 Å². The van der Waals surface area contributed by atoms with Gasteiger partial charge in [0.15, 0.2) is 0 Å². The maximum atomic E-state index is 13.6. The van der Waals surface area contributed by atoms with E-state index >= 15 is 0 Å². The van der Waals surface area contributed by atoms with Gasteiger partial charge in [0.2, 0.25) is 17.7 Å². The minimum atomic E-state index is -0.909. The summed E-state index contributed by atoms with van der Waals surface area (Å²) in [6.07, 6.45) is 2.67. The fourth-order valence-corrected chi connectivity index (χ4v) is 4.74. The zero-order valence-electron chi connectivity index (χ0n) is 18.5. The summed E-state index contributed by atoms with van der Waals surface area (Å²) >= 11 is 0. The SMILES string of the molecule is O=C1NCCC[C@@H]1NC(=O)[C@@H]1CN(C(=O)c2cccc(F)c2)CCN1C(=O)C1CCNCC1. The molecule has 0 bridgehead atoms. The number of rotatable bonds is 4. The number of hydrogen-bond acceptors (Lipinski definition) is 5. The molecule has 3 aliphatic rings. The summed E-state index contributed by atoms with van der Waals surface area (Å²) in [5.41, 5.74) is 0.193. The third kappa shape index (κ3) is 5.32. The van der Waals surface area contributed by atoms with Crippen LogP contribution in [0.25, 0.3) is 0 Å². The van der Waals surface area contributed by atoms with E-state index in [0.717, 1.165) is 25.6 Å². The maximum Gasteiger partial charge on any atom is 0.254 e. The van der Waals surface area contributed by atoms with Crippen LogP contribution in [0.4, 0.5) is 4.39 Å². The number of carbonyl (C=O) groups is 4. The lowest BCUT2D eigenvalue weighted by Gasteiger charge is -2.42. The summed E-state index contributed by atoms with van der Waals surface area (Å²) in [6.45, 7) is 2.51. The Morgan fingerprint density at radius 3 is 2.58 bits per heavy atom. The molecule has 3 N–H and O–H groups in total. The van der Waals surface area contributed by atoms with Crippen LogP contribution in [0.1, 0.15) is 36.0 Å². The van der Waals surface area contributed by atoms with Gasteiger partial charge in [-0.3, -0.25) is 19.2 Å². The molecule has 0 radical (unpaired) electrons. The van der Waals surface area contributed by atoms with Gasteiger partial charge in [-0.1, -0.05) is 6.07 Å². The van der Waals surface area contributed by atoms with Crippen LogP contribution in [0.3, 0.4) is 0 Å². The molecule has 9 nitrogen and oxygen atoms in total. The van der Waals surface area contributed by atoms with Crippen molar-refractivity contribution in [2.45, 2.75) is 37.8 Å². The smallest absolute Gasteiger partial charge is 0.254 e. The van der Waals surface area contributed by atoms with Gasteiger partial charge in [0.1, 0.15) is 17.9 Å². The topological polar surface area (TPSA) is 111 Å². The summed E-state index contributed by atoms with van der Waals surface area (Å²) in [5.74, 6) is -1.87. The van der Waals surface area contributed by atoms with Crippen LogP contribution < -0.4 is 16.0 Å². The molecular formula is C23H30FN5O4. The number of nitrogens with one attached hydrogen (secondary N) is 3. The Morgan fingerprint density at radius 1 is 1.06 bits per heavy atom. The maximum absolute atomic E-state index is 13.6. The third-order valence-corrected chi connectivity index (χ3v) is 6.62. The highest BCUT2D eigenvalue weighted by Crippen LogP contribution is 2.21. The monoisotopic (exact) mass is 459 g/mol. The van der Waals surface area contributed by atoms with Crippen LogP contribution in [0.5, 0.6) is 0 Å². The molecule has 10 heteroatoms. The number of hydrogen-bond donors (Lipinski definition) is 3. The molecular weight excluding hydrogens is 429 g/mol. The van der Waals surface area contributed by atoms with Crippen LogP contribution in [0.15, 0.2) is 24.3 Å². The van der Waals surface area contributed by atoms with E-state index in [-0.39, 0.29) is 42.9 Å². The molecule has 1 aromatic carbocycles. The van der Waals surface area contributed by atoms with Crippen molar-refractivity contribution in [3.8, 4) is 0 Å². The van der Waals surface area contributed by atoms with Crippen molar-refractivity contribution in [2.75, 3.05) is 39.3 Å². The molecule has 0 unspecified atom stereocenters. The van der Waals surface area contributed by atoms with E-state index in [2.05, 4.69) is 16.0 Å². The Balaban J connectivity index is 1.52. The average Bonchev–Trinajstić information content (AvgIpc) is 2.84. The summed E-state index contributed by atoms with van der Waals surface area (Å²) in [4.78, 5) is 54.8. The quantitative estimate of drug-likeness (QED) is 0.581. The number of piperazine rings is 1. The lowest BCUT2D eigenvalue weighted by Crippen LogP contribution is -2.64. The zero-order valence-corrected chi connectivity index (χ0v) is 18.5. The second kappa shape index (κ2) is 10.3. The number of benzene rings is 1. The Bertz CT molecular complexity index is 920. The van der Waals surface area contributed by atoms with E-state index in [1.54, 1.807) is 4.90 Å². The van der Waals surface area contributed by atoms with Gasteiger partial charge in [0, 0.05) is 31.1 Å². The molecule has 3 aliphatic heterocycles. The Labute approximate surface area is 192 Å². The molecule has 0 aliphatic carbocycles. The van der Waals surface area contributed by atoms with Gasteiger partial charge in [0.25, 0.3) is 5.91 Å². The standard InChI is InChI=1S/C23H30FN5O4/c24-17-4-1-3-16(13-17)22(32)28-11-12-29(23(33)15-6-9-25-10-7-15)19(14-28)21(31)27-18-5-2-8-26-20(18)30/h1,3-4,13,15,18-19,25H,2,5-12,14H2,(H,26,30)(H,27,31)/t18-,19-/m0/s1. The summed E-state index contributed by atoms with van der Waals surface area (Å²) in [6, 6.07) is 3.85. The normalized spacial score (nSPS) is 24.2. The molecule has 2 atom stereocenters. The van der Waals surface area contributed by atoms with E-state index in [0.29, 0.717) is 25.8 Å². The zero-order chi connectivity index (χ0) is 23.4. The predicted octanol–water partition coefficient (Wildman–Crippen LogP) is -0.127. The van der Waals surface area contributed by atoms with E-state index in [9.17, 15) is 23.6 Å². The highest BCUT2D eigenvalue weighted by Gasteiger charge is 2.40. The van der Waals surface area contributed by atoms with Crippen LogP contribution in [0.2, 0.25) is 0 Å². The fraction of sp³-hybridized carbons (Fsp3) is 0.565. The van der Waals surface area contributed by atoms with Gasteiger partial charge in [-0.05, 0) is 57.0 Å². The second-order valence-corrected chi connectivity index (χ2v) is 8.83. The first-order chi connectivity index (χ1) is 15.9. The van der Waals surface area contributed by atoms with E-state index in [1.165, 1.54) is 23.1 Å². The van der Waals surface area contributed by atoms with Crippen molar-refractivity contribution in [1.82, 2.24) is 25.8 Å². The van der Waals surface area contributed by atoms with Crippen molar-refractivity contribution >= 4 is 23.6 Å². The summed E-state index contributed by atoms with van der Waals surface area (Å²) in [5, 5.41) is 8.75. The highest BCUT2D eigenvalue weighted by molar-refractivity contribution is 5.96. The molecule has 3 fully saturated rings. The average molecular weight is 460 g/mol. The van der Waals surface area contributed by atoms with Crippen LogP contribution in [0, 0.1) is 11.7 Å². The third-order valence-electron chi connectivity index (χ3n) is 6.62. The highest BCUT2D eigenvalue weighted by atomic mass is 19.1. The van der Waals surface area contributed by atoms with Gasteiger partial charge < -0.3 is 25.8 Å². The van der Waals surface area contributed by atoms with Crippen LogP contribution >= 0.6 is 0 Å². The molecule has 3 saturated heterocycles. The van der Waals surface area contributed by atoms with Gasteiger partial charge in [0.05, 0.1) is 6.54 Å². The van der Waals surface area contributed by atoms with E-state index < -0.39 is 29.7 Å². The first kappa shape index (κ1) is 23.2. The summed E-state index contributed by atoms with van der Waals surface area (Å²) < 4.78 is 13.6. The number of carbonyl (C=O) groups excluding carboxylic acids is 4. The first-order valence-corrected chi connectivity index (χ1v) is 11.6. The summed E-state index contributed by atoms with van der Waals surface area (Å²) in [7, 11) is 0. The molecule has 0 aromatic heterocycles. The Kier molecular flexibility index (Phi) is 7.22. The first-order valence-electron chi connectivity index (χ1n) is 11.6. The largest absolute Gasteiger partial charge is 0.354 e. The van der Waals surface area contributed by atoms with Crippen LogP contribution in [-0.2, 0) is 14.4 Å². The van der Waals surface area contributed by atoms with Gasteiger partial charge in [-0.2, -0.15) is 0 Å². The van der Waals surface area contributed by atoms with Gasteiger partial charge in [-0.15, -0.1) is 0 Å². The minimum absolute atomic E-state index is 0.00771. The van der Waals surface area contributed by atoms with Crippen molar-refractivity contribution < 1.29 is 23.6 Å². The second-order valence-electron chi connectivity index (χ2n) is 8.83. The van der Waals surface area contributed by atoms with Crippen molar-refractivity contribution in [3.05, 3.63) is 35.6 Å². The lowest BCUT2D eigenvalue weighted by molar-refractivity contribution is -0.147. The number of amides is 4. The molecule has 0 saturated carbocycles. The van der Waals surface area contributed by atoms with Crippen molar-refractivity contribution in [3.63, 3.8) is 0 Å². The Morgan fingerprint density at radius 2 is 1.85 bits per heavy atom. The fourth-order valence-electron chi connectivity index (χ4n) is 4.74. The van der Waals surface area contributed by atoms with Crippen molar-refractivity contribution in [2.24, 2.45) is 5.92 Å². The number of nitrogens with zero attached hydrogens (tertiary/aromatic N) is 2. The van der Waals surface area contributed by atoms with E-state index in [1.807, 2.05) is 0 Å². The lowest BCUT2D eigenvalue weighted by atomic mass is 9.95. The van der Waals surface area contributed by atoms with Gasteiger partial charge in [-0.25, -0.2) is 4.39 Å². The predicted molar refractivity (Wildman–Crippen MR) is 118 cm³/mol. The van der Waals surface area contributed by atoms with E-state index in [4.69, 9.17) is 0 Å². The molecule has 33 heavy (non-hydrogen) atoms. The molecule has 4 rings (SSSR count). The molecule has 178 valence electrons. The van der Waals surface area contributed by atoms with Crippen LogP contribution in [-0.4, -0.2) is 84.8 Å². The Hall–Kier alpha value is -3.01. The van der Waals surface area contributed by atoms with Gasteiger partial charge >= 0.3 is 0 Å². The molecule has 4 amide bonds. The number of halogens is 1. The molecule has 0 spiro atoms. The molecule has 3 heterocycles.